The first-order valence-corrected chi connectivity index (χ1v) is 7.72. The molecule has 2 atom stereocenters. The van der Waals surface area contributed by atoms with Gasteiger partial charge >= 0.3 is 0 Å². The van der Waals surface area contributed by atoms with Crippen molar-refractivity contribution in [1.29, 1.82) is 0 Å². The molecule has 0 saturated heterocycles. The van der Waals surface area contributed by atoms with Crippen molar-refractivity contribution in [3.8, 4) is 5.88 Å². The predicted octanol–water partition coefficient (Wildman–Crippen LogP) is 2.43. The number of ether oxygens (including phenoxy) is 1. The van der Waals surface area contributed by atoms with Gasteiger partial charge in [-0.2, -0.15) is 0 Å². The van der Waals surface area contributed by atoms with Gasteiger partial charge in [-0.15, -0.1) is 0 Å². The molecule has 1 saturated carbocycles. The van der Waals surface area contributed by atoms with Gasteiger partial charge in [-0.3, -0.25) is 4.90 Å². The molecule has 0 aliphatic heterocycles. The van der Waals surface area contributed by atoms with Gasteiger partial charge in [0, 0.05) is 18.7 Å². The first-order valence-electron chi connectivity index (χ1n) is 7.72. The highest BCUT2D eigenvalue weighted by atomic mass is 16.5. The smallest absolute Gasteiger partial charge is 0.213 e. The third kappa shape index (κ3) is 3.70. The van der Waals surface area contributed by atoms with Crippen LogP contribution in [0, 0.1) is 5.92 Å². The molecule has 0 radical (unpaired) electrons. The number of aromatic nitrogens is 1. The van der Waals surface area contributed by atoms with E-state index in [9.17, 15) is 0 Å². The first-order chi connectivity index (χ1) is 9.78. The number of nitrogens with two attached hydrogens (primary N) is 1. The summed E-state index contributed by atoms with van der Waals surface area (Å²) in [5.41, 5.74) is 7.04. The zero-order chi connectivity index (χ0) is 14.4. The van der Waals surface area contributed by atoms with Crippen LogP contribution in [-0.2, 0) is 6.54 Å². The van der Waals surface area contributed by atoms with Crippen LogP contribution in [0.25, 0.3) is 0 Å². The molecule has 2 unspecified atom stereocenters. The molecule has 112 valence electrons. The Morgan fingerprint density at radius 2 is 2.15 bits per heavy atom. The number of nitrogens with zero attached hydrogens (tertiary/aromatic N) is 2. The van der Waals surface area contributed by atoms with E-state index in [2.05, 4.69) is 22.9 Å². The van der Waals surface area contributed by atoms with E-state index in [4.69, 9.17) is 10.5 Å². The fourth-order valence-corrected chi connectivity index (χ4v) is 3.27. The average molecular weight is 277 g/mol. The third-order valence-electron chi connectivity index (χ3n) is 4.40. The Morgan fingerprint density at radius 1 is 1.35 bits per heavy atom. The summed E-state index contributed by atoms with van der Waals surface area (Å²) in [7, 11) is 1.66. The highest BCUT2D eigenvalue weighted by molar-refractivity contribution is 5.15. The van der Waals surface area contributed by atoms with Gasteiger partial charge in [0.15, 0.2) is 0 Å². The molecule has 4 nitrogen and oxygen atoms in total. The Balaban J connectivity index is 2.06. The molecular formula is C16H27N3O. The van der Waals surface area contributed by atoms with Gasteiger partial charge in [0.25, 0.3) is 0 Å². The Labute approximate surface area is 122 Å². The summed E-state index contributed by atoms with van der Waals surface area (Å²) in [6.45, 7) is 4.95. The monoisotopic (exact) mass is 277 g/mol. The van der Waals surface area contributed by atoms with Gasteiger partial charge in [-0.1, -0.05) is 25.8 Å². The second-order valence-corrected chi connectivity index (χ2v) is 5.58. The summed E-state index contributed by atoms with van der Waals surface area (Å²) in [5.74, 6) is 1.33. The summed E-state index contributed by atoms with van der Waals surface area (Å²) in [4.78, 5) is 7.06. The van der Waals surface area contributed by atoms with Crippen molar-refractivity contribution in [2.24, 2.45) is 11.7 Å². The second kappa shape index (κ2) is 7.60. The van der Waals surface area contributed by atoms with Crippen molar-refractivity contribution in [1.82, 2.24) is 9.88 Å². The van der Waals surface area contributed by atoms with Crippen molar-refractivity contribution in [2.45, 2.75) is 45.2 Å². The Bertz CT molecular complexity index is 410. The van der Waals surface area contributed by atoms with Gasteiger partial charge in [0.2, 0.25) is 5.88 Å². The SMILES string of the molecule is CCN(Cc1cccc(OC)n1)C1CCCCC1CN. The van der Waals surface area contributed by atoms with Crippen molar-refractivity contribution < 1.29 is 4.74 Å². The van der Waals surface area contributed by atoms with Gasteiger partial charge < -0.3 is 10.5 Å². The van der Waals surface area contributed by atoms with E-state index in [0.717, 1.165) is 25.3 Å². The van der Waals surface area contributed by atoms with E-state index < -0.39 is 0 Å². The molecule has 1 aliphatic rings. The molecule has 1 fully saturated rings. The molecule has 0 aromatic carbocycles. The van der Waals surface area contributed by atoms with Crippen LogP contribution in [0.5, 0.6) is 5.88 Å². The highest BCUT2D eigenvalue weighted by Crippen LogP contribution is 2.28. The maximum atomic E-state index is 5.96. The van der Waals surface area contributed by atoms with Crippen molar-refractivity contribution in [3.63, 3.8) is 0 Å². The average Bonchev–Trinajstić information content (AvgIpc) is 2.52. The summed E-state index contributed by atoms with van der Waals surface area (Å²) >= 11 is 0. The quantitative estimate of drug-likeness (QED) is 0.867. The minimum atomic E-state index is 0.603. The minimum Gasteiger partial charge on any atom is -0.481 e. The fraction of sp³-hybridized carbons (Fsp3) is 0.688. The van der Waals surface area contributed by atoms with Crippen LogP contribution in [0.4, 0.5) is 0 Å². The molecule has 0 spiro atoms. The molecule has 2 N–H and O–H groups in total. The number of pyridine rings is 1. The highest BCUT2D eigenvalue weighted by Gasteiger charge is 2.28. The fourth-order valence-electron chi connectivity index (χ4n) is 3.27. The van der Waals surface area contributed by atoms with Crippen LogP contribution in [-0.4, -0.2) is 36.1 Å². The lowest BCUT2D eigenvalue weighted by atomic mass is 9.83. The lowest BCUT2D eigenvalue weighted by Gasteiger charge is -2.39. The largest absolute Gasteiger partial charge is 0.481 e. The van der Waals surface area contributed by atoms with E-state index in [0.29, 0.717) is 17.8 Å². The van der Waals surface area contributed by atoms with E-state index in [-0.39, 0.29) is 0 Å². The molecule has 0 amide bonds. The van der Waals surface area contributed by atoms with Crippen molar-refractivity contribution in [3.05, 3.63) is 23.9 Å². The predicted molar refractivity (Wildman–Crippen MR) is 81.7 cm³/mol. The van der Waals surface area contributed by atoms with Gasteiger partial charge in [-0.05, 0) is 37.9 Å². The number of hydrogen-bond donors (Lipinski definition) is 1. The topological polar surface area (TPSA) is 51.4 Å². The second-order valence-electron chi connectivity index (χ2n) is 5.58. The molecule has 1 aromatic rings. The minimum absolute atomic E-state index is 0.603. The van der Waals surface area contributed by atoms with Crippen LogP contribution < -0.4 is 10.5 Å². The Hall–Kier alpha value is -1.13. The van der Waals surface area contributed by atoms with Crippen LogP contribution in [0.15, 0.2) is 18.2 Å². The van der Waals surface area contributed by atoms with E-state index in [1.54, 1.807) is 7.11 Å². The zero-order valence-electron chi connectivity index (χ0n) is 12.7. The maximum absolute atomic E-state index is 5.96. The molecule has 1 heterocycles. The van der Waals surface area contributed by atoms with Gasteiger partial charge in [-0.25, -0.2) is 4.98 Å². The lowest BCUT2D eigenvalue weighted by molar-refractivity contribution is 0.104. The van der Waals surface area contributed by atoms with Crippen molar-refractivity contribution >= 4 is 0 Å². The van der Waals surface area contributed by atoms with E-state index in [1.165, 1.54) is 25.7 Å². The maximum Gasteiger partial charge on any atom is 0.213 e. The molecule has 0 bridgehead atoms. The van der Waals surface area contributed by atoms with Crippen LogP contribution in [0.3, 0.4) is 0 Å². The third-order valence-corrected chi connectivity index (χ3v) is 4.40. The standard InChI is InChI=1S/C16H27N3O/c1-3-19(15-9-5-4-7-13(15)11-17)12-14-8-6-10-16(18-14)20-2/h6,8,10,13,15H,3-5,7,9,11-12,17H2,1-2H3. The molecule has 20 heavy (non-hydrogen) atoms. The Kier molecular flexibility index (Phi) is 5.80. The van der Waals surface area contributed by atoms with Crippen LogP contribution >= 0.6 is 0 Å². The van der Waals surface area contributed by atoms with Gasteiger partial charge in [0.1, 0.15) is 0 Å². The number of methoxy groups -OCH3 is 1. The zero-order valence-corrected chi connectivity index (χ0v) is 12.7. The van der Waals surface area contributed by atoms with Crippen LogP contribution in [0.1, 0.15) is 38.3 Å². The number of rotatable bonds is 6. The first kappa shape index (κ1) is 15.3. The summed E-state index contributed by atoms with van der Waals surface area (Å²) in [6.07, 6.45) is 5.18. The normalized spacial score (nSPS) is 23.0. The van der Waals surface area contributed by atoms with Gasteiger partial charge in [0.05, 0.1) is 12.8 Å². The van der Waals surface area contributed by atoms with E-state index >= 15 is 0 Å². The van der Waals surface area contributed by atoms with E-state index in [1.807, 2.05) is 12.1 Å². The summed E-state index contributed by atoms with van der Waals surface area (Å²) < 4.78 is 5.21. The van der Waals surface area contributed by atoms with Crippen LogP contribution in [0.2, 0.25) is 0 Å². The molecular weight excluding hydrogens is 250 g/mol. The summed E-state index contributed by atoms with van der Waals surface area (Å²) in [5, 5.41) is 0. The molecule has 1 aromatic heterocycles. The molecule has 4 heteroatoms. The summed E-state index contributed by atoms with van der Waals surface area (Å²) in [6, 6.07) is 6.58. The number of hydrogen-bond acceptors (Lipinski definition) is 4. The Morgan fingerprint density at radius 3 is 2.85 bits per heavy atom. The molecule has 2 rings (SSSR count). The van der Waals surface area contributed by atoms with Crippen molar-refractivity contribution in [2.75, 3.05) is 20.2 Å². The lowest BCUT2D eigenvalue weighted by Crippen LogP contribution is -2.44. The molecule has 1 aliphatic carbocycles.